The van der Waals surface area contributed by atoms with E-state index >= 15 is 0 Å². The lowest BCUT2D eigenvalue weighted by Gasteiger charge is -2.19. The summed E-state index contributed by atoms with van der Waals surface area (Å²) in [5, 5.41) is 0. The molecule has 0 aromatic carbocycles. The van der Waals surface area contributed by atoms with Gasteiger partial charge in [-0.1, -0.05) is 19.8 Å². The maximum absolute atomic E-state index is 11.1. The predicted molar refractivity (Wildman–Crippen MR) is 51.5 cm³/mol. The van der Waals surface area contributed by atoms with Crippen molar-refractivity contribution in [2.75, 3.05) is 0 Å². The monoisotopic (exact) mass is 242 g/mol. The topological polar surface area (TPSA) is 34.1 Å². The van der Waals surface area contributed by atoms with E-state index in [0.29, 0.717) is 0 Å². The summed E-state index contributed by atoms with van der Waals surface area (Å²) in [4.78, 5) is 0. The van der Waals surface area contributed by atoms with Crippen molar-refractivity contribution in [1.82, 2.24) is 0 Å². The molecule has 0 saturated carbocycles. The fourth-order valence-corrected chi connectivity index (χ4v) is 1.60. The quantitative estimate of drug-likeness (QED) is 0.711. The normalized spacial score (nSPS) is 13.5. The molecule has 0 heterocycles. The average Bonchev–Trinajstić information content (AvgIpc) is 1.81. The van der Waals surface area contributed by atoms with Gasteiger partial charge in [0.15, 0.2) is 0 Å². The Morgan fingerprint density at radius 1 is 1.36 bits per heavy atom. The Bertz CT molecular complexity index is 206. The van der Waals surface area contributed by atoms with Gasteiger partial charge in [-0.3, -0.25) is 0 Å². The highest BCUT2D eigenvalue weighted by Crippen LogP contribution is 2.27. The number of hydrogen-bond donors (Lipinski definition) is 0. The van der Waals surface area contributed by atoms with Gasteiger partial charge in [0, 0.05) is 0 Å². The highest BCUT2D eigenvalue weighted by Gasteiger charge is 2.30. The zero-order chi connectivity index (χ0) is 9.12. The minimum Gasteiger partial charge on any atom is -0.217 e. The van der Waals surface area contributed by atoms with Gasteiger partial charge in [-0.25, -0.2) is 8.42 Å². The highest BCUT2D eigenvalue weighted by atomic mass is 79.9. The van der Waals surface area contributed by atoms with E-state index in [0.717, 1.165) is 19.3 Å². The summed E-state index contributed by atoms with van der Waals surface area (Å²) in [6.45, 7) is 5.54. The summed E-state index contributed by atoms with van der Waals surface area (Å²) in [7, 11) is -3.06. The first-order valence-electron chi connectivity index (χ1n) is 3.75. The lowest BCUT2D eigenvalue weighted by molar-refractivity contribution is 0.527. The van der Waals surface area contributed by atoms with Gasteiger partial charge in [-0.15, -0.1) is 0 Å². The van der Waals surface area contributed by atoms with Crippen LogP contribution in [0.25, 0.3) is 0 Å². The molecule has 0 saturated heterocycles. The number of halogens is 1. The molecule has 4 heteroatoms. The third-order valence-electron chi connectivity index (χ3n) is 1.79. The van der Waals surface area contributed by atoms with Gasteiger partial charge in [0.2, 0.25) is 8.27 Å². The van der Waals surface area contributed by atoms with Crippen LogP contribution in [0.5, 0.6) is 0 Å². The SMILES string of the molecule is CCCCC(C)(C)S(=O)(=O)Br. The molecule has 0 aliphatic rings. The Kier molecular flexibility index (Phi) is 4.05. The predicted octanol–water partition coefficient (Wildman–Crippen LogP) is 2.68. The molecule has 11 heavy (non-hydrogen) atoms. The van der Waals surface area contributed by atoms with Crippen LogP contribution >= 0.6 is 14.8 Å². The molecule has 68 valence electrons. The average molecular weight is 243 g/mol. The third kappa shape index (κ3) is 3.56. The second-order valence-electron chi connectivity index (χ2n) is 3.30. The molecule has 2 nitrogen and oxygen atoms in total. The summed E-state index contributed by atoms with van der Waals surface area (Å²) >= 11 is 2.70. The van der Waals surface area contributed by atoms with E-state index in [1.165, 1.54) is 0 Å². The maximum Gasteiger partial charge on any atom is 0.214 e. The van der Waals surface area contributed by atoms with Crippen LogP contribution in [0, 0.1) is 0 Å². The molecule has 0 N–H and O–H groups in total. The van der Waals surface area contributed by atoms with Crippen LogP contribution in [0.3, 0.4) is 0 Å². The number of rotatable bonds is 4. The Morgan fingerprint density at radius 3 is 2.09 bits per heavy atom. The van der Waals surface area contributed by atoms with Crippen LogP contribution < -0.4 is 0 Å². The molecule has 0 unspecified atom stereocenters. The molecule has 0 aromatic rings. The molecule has 0 fully saturated rings. The van der Waals surface area contributed by atoms with E-state index in [1.807, 2.05) is 0 Å². The lowest BCUT2D eigenvalue weighted by Crippen LogP contribution is -2.27. The van der Waals surface area contributed by atoms with E-state index in [2.05, 4.69) is 21.7 Å². The summed E-state index contributed by atoms with van der Waals surface area (Å²) in [6, 6.07) is 0. The standard InChI is InChI=1S/C7H15BrO2S/c1-4-5-6-7(2,3)11(8,9)10/h4-6H2,1-3H3. The summed E-state index contributed by atoms with van der Waals surface area (Å²) in [5.74, 6) is 0. The van der Waals surface area contributed by atoms with Gasteiger partial charge in [0.1, 0.15) is 0 Å². The minimum absolute atomic E-state index is 0.622. The Hall–Kier alpha value is 0.430. The van der Waals surface area contributed by atoms with Crippen molar-refractivity contribution in [2.24, 2.45) is 0 Å². The molecular weight excluding hydrogens is 228 g/mol. The Balaban J connectivity index is 4.24. The Morgan fingerprint density at radius 2 is 1.82 bits per heavy atom. The first-order chi connectivity index (χ1) is 4.81. The van der Waals surface area contributed by atoms with E-state index in [1.54, 1.807) is 13.8 Å². The van der Waals surface area contributed by atoms with Gasteiger partial charge in [-0.05, 0) is 20.3 Å². The van der Waals surface area contributed by atoms with Gasteiger partial charge in [0.25, 0.3) is 0 Å². The zero-order valence-corrected chi connectivity index (χ0v) is 9.63. The molecule has 0 atom stereocenters. The number of unbranched alkanes of at least 4 members (excludes halogenated alkanes) is 1. The van der Waals surface area contributed by atoms with Crippen LogP contribution in [-0.2, 0) is 8.27 Å². The molecule has 0 aliphatic carbocycles. The van der Waals surface area contributed by atoms with E-state index in [-0.39, 0.29) is 0 Å². The molecule has 0 amide bonds. The second-order valence-corrected chi connectivity index (χ2v) is 7.84. The molecule has 0 spiro atoms. The zero-order valence-electron chi connectivity index (χ0n) is 7.22. The van der Waals surface area contributed by atoms with Crippen molar-refractivity contribution >= 4 is 23.1 Å². The minimum atomic E-state index is -3.06. The number of hydrogen-bond acceptors (Lipinski definition) is 2. The van der Waals surface area contributed by atoms with Crippen LogP contribution in [0.4, 0.5) is 0 Å². The van der Waals surface area contributed by atoms with Crippen molar-refractivity contribution in [1.29, 1.82) is 0 Å². The molecule has 0 aliphatic heterocycles. The molecule has 0 aromatic heterocycles. The Labute approximate surface area is 76.5 Å². The first-order valence-corrected chi connectivity index (χ1v) is 7.08. The van der Waals surface area contributed by atoms with Gasteiger partial charge in [0.05, 0.1) is 19.6 Å². The summed E-state index contributed by atoms with van der Waals surface area (Å²) in [6.07, 6.45) is 2.71. The second kappa shape index (κ2) is 3.90. The lowest BCUT2D eigenvalue weighted by atomic mass is 10.1. The van der Waals surface area contributed by atoms with Gasteiger partial charge >= 0.3 is 0 Å². The van der Waals surface area contributed by atoms with Crippen molar-refractivity contribution < 1.29 is 8.42 Å². The van der Waals surface area contributed by atoms with Crippen molar-refractivity contribution in [3.8, 4) is 0 Å². The van der Waals surface area contributed by atoms with Crippen molar-refractivity contribution in [3.05, 3.63) is 0 Å². The highest BCUT2D eigenvalue weighted by molar-refractivity contribution is 9.47. The smallest absolute Gasteiger partial charge is 0.214 e. The van der Waals surface area contributed by atoms with E-state index in [4.69, 9.17) is 0 Å². The van der Waals surface area contributed by atoms with E-state index < -0.39 is 13.0 Å². The fraction of sp³-hybridized carbons (Fsp3) is 1.00. The molecule has 0 rings (SSSR count). The largest absolute Gasteiger partial charge is 0.217 e. The van der Waals surface area contributed by atoms with Crippen LogP contribution in [0.1, 0.15) is 40.0 Å². The third-order valence-corrected chi connectivity index (χ3v) is 5.95. The van der Waals surface area contributed by atoms with Crippen molar-refractivity contribution in [2.45, 2.75) is 44.8 Å². The summed E-state index contributed by atoms with van der Waals surface area (Å²) in [5.41, 5.74) is 0. The fourth-order valence-electron chi connectivity index (χ4n) is 0.724. The van der Waals surface area contributed by atoms with Crippen LogP contribution in [0.2, 0.25) is 0 Å². The van der Waals surface area contributed by atoms with Crippen LogP contribution in [-0.4, -0.2) is 13.2 Å². The van der Waals surface area contributed by atoms with Crippen molar-refractivity contribution in [3.63, 3.8) is 0 Å². The van der Waals surface area contributed by atoms with Gasteiger partial charge in [-0.2, -0.15) is 0 Å². The maximum atomic E-state index is 11.1. The molecular formula is C7H15BrO2S. The molecule has 0 bridgehead atoms. The van der Waals surface area contributed by atoms with E-state index in [9.17, 15) is 8.42 Å². The van der Waals surface area contributed by atoms with Gasteiger partial charge < -0.3 is 0 Å². The first kappa shape index (κ1) is 11.4. The summed E-state index contributed by atoms with van der Waals surface area (Å²) < 4.78 is 21.5. The van der Waals surface area contributed by atoms with Crippen LogP contribution in [0.15, 0.2) is 0 Å². The molecule has 0 radical (unpaired) electrons.